The molecule has 0 fully saturated rings. The van der Waals surface area contributed by atoms with Gasteiger partial charge in [0.1, 0.15) is 21.2 Å². The van der Waals surface area contributed by atoms with E-state index < -0.39 is 57.0 Å². The molecule has 0 saturated carbocycles. The quantitative estimate of drug-likeness (QED) is 0.00696. The van der Waals surface area contributed by atoms with E-state index in [9.17, 15) is 34.4 Å². The molecule has 24 nitrogen and oxygen atoms in total. The van der Waals surface area contributed by atoms with Gasteiger partial charge in [-0.1, -0.05) is 27.2 Å². The van der Waals surface area contributed by atoms with Crippen molar-refractivity contribution < 1.29 is 82.4 Å². The lowest BCUT2D eigenvalue weighted by atomic mass is 10.1. The molecule has 0 heterocycles. The second-order valence-electron chi connectivity index (χ2n) is 9.83. The molecule has 0 aliphatic heterocycles. The van der Waals surface area contributed by atoms with E-state index in [1.807, 2.05) is 0 Å². The third kappa shape index (κ3) is 12.2. The van der Waals surface area contributed by atoms with E-state index >= 15 is 0 Å². The van der Waals surface area contributed by atoms with Crippen LogP contribution in [0.15, 0.2) is 101 Å². The lowest BCUT2D eigenvalue weighted by Gasteiger charge is -2.15. The third-order valence-electron chi connectivity index (χ3n) is 6.56. The fourth-order valence-electron chi connectivity index (χ4n) is 4.34. The Hall–Kier alpha value is -3.64. The Kier molecular flexibility index (Phi) is 16.0. The van der Waals surface area contributed by atoms with Gasteiger partial charge in [0.15, 0.2) is 22.2 Å². The van der Waals surface area contributed by atoms with Gasteiger partial charge in [-0.15, -0.1) is 23.2 Å². The molecule has 0 spiro atoms. The zero-order valence-electron chi connectivity index (χ0n) is 26.8. The minimum atomic E-state index is -5.10. The second-order valence-corrected chi connectivity index (χ2v) is 16.6. The van der Waals surface area contributed by atoms with Crippen LogP contribution in [-0.4, -0.2) is 68.4 Å². The molecule has 30 heteroatoms. The standard InChI is InChI=1S/C25H24N6O18S6/c26-23-22(55(40,41)42)12-19(30-28-14-4-6-16(7-5-14)53(35,36)9-8-43-52-49-46-34)24(27-13-50-47-44-32)25(23)31-29-15-10-18-17(21(11-15)54(37,38)39)2-1-3-20(18)51-48-45-33/h1-7,10-12,27,32-34H,8-9,13,26H2,(H,37,38,39)(H,40,41,42). The first-order valence-corrected chi connectivity index (χ1v) is 20.8. The summed E-state index contributed by atoms with van der Waals surface area (Å²) in [6, 6.07) is 12.1. The largest absolute Gasteiger partial charge is 0.396 e. The molecule has 8 N–H and O–H groups in total. The molecule has 298 valence electrons. The molecule has 0 bridgehead atoms. The Bertz CT molecular complexity index is 2370. The number of fused-ring (bicyclic) bond motifs is 1. The number of nitrogens with one attached hydrogen (secondary N) is 1. The number of nitrogens with two attached hydrogens (primary N) is 1. The topological polar surface area (TPSA) is 356 Å². The van der Waals surface area contributed by atoms with Crippen LogP contribution in [0.5, 0.6) is 0 Å². The number of hydrogen-bond donors (Lipinski definition) is 7. The Labute approximate surface area is 322 Å². The summed E-state index contributed by atoms with van der Waals surface area (Å²) in [4.78, 5) is -1.52. The second kappa shape index (κ2) is 20.0. The minimum absolute atomic E-state index is 0.00677. The minimum Gasteiger partial charge on any atom is -0.396 e. The predicted molar refractivity (Wildman–Crippen MR) is 191 cm³/mol. The number of nitrogen functional groups attached to an aromatic ring is 1. The molecule has 0 saturated heterocycles. The van der Waals surface area contributed by atoms with E-state index in [2.05, 4.69) is 53.9 Å². The van der Waals surface area contributed by atoms with Crippen molar-refractivity contribution in [3.63, 3.8) is 0 Å². The average Bonchev–Trinajstić information content (AvgIpc) is 3.13. The van der Waals surface area contributed by atoms with Crippen molar-refractivity contribution in [2.45, 2.75) is 19.6 Å². The van der Waals surface area contributed by atoms with Gasteiger partial charge in [0.05, 0.1) is 70.0 Å². The maximum absolute atomic E-state index is 12.6. The van der Waals surface area contributed by atoms with Crippen LogP contribution < -0.4 is 11.1 Å². The molecule has 0 aliphatic carbocycles. The zero-order valence-corrected chi connectivity index (χ0v) is 31.7. The molecule has 4 rings (SSSR count). The van der Waals surface area contributed by atoms with Crippen molar-refractivity contribution in [1.82, 2.24) is 0 Å². The number of hydrogen-bond acceptors (Lipinski definition) is 25. The lowest BCUT2D eigenvalue weighted by molar-refractivity contribution is -0.434. The third-order valence-corrected chi connectivity index (χ3v) is 11.5. The van der Waals surface area contributed by atoms with Gasteiger partial charge in [-0.25, -0.2) is 24.2 Å². The molecule has 0 atom stereocenters. The molecule has 0 radical (unpaired) electrons. The summed E-state index contributed by atoms with van der Waals surface area (Å²) in [7, 11) is -13.9. The number of nitrogens with zero attached hydrogens (tertiary/aromatic N) is 4. The first-order chi connectivity index (χ1) is 26.1. The van der Waals surface area contributed by atoms with Gasteiger partial charge in [0.2, 0.25) is 0 Å². The lowest BCUT2D eigenvalue weighted by Crippen LogP contribution is -2.10. The highest BCUT2D eigenvalue weighted by Gasteiger charge is 2.25. The maximum atomic E-state index is 12.6. The van der Waals surface area contributed by atoms with Crippen LogP contribution in [0.1, 0.15) is 0 Å². The molecule has 4 aromatic rings. The fourth-order valence-corrected chi connectivity index (χ4v) is 7.90. The summed E-state index contributed by atoms with van der Waals surface area (Å²) < 4.78 is 112. The van der Waals surface area contributed by atoms with Crippen molar-refractivity contribution in [3.05, 3.63) is 60.7 Å². The van der Waals surface area contributed by atoms with Crippen LogP contribution in [-0.2, 0) is 62.4 Å². The summed E-state index contributed by atoms with van der Waals surface area (Å²) in [6.45, 7) is -0.341. The number of azo groups is 2. The van der Waals surface area contributed by atoms with Crippen LogP contribution in [0.2, 0.25) is 0 Å². The Morgan fingerprint density at radius 2 is 1.40 bits per heavy atom. The summed E-state index contributed by atoms with van der Waals surface area (Å²) in [5, 5.41) is 54.6. The molecular formula is C25H24N6O18S6. The first-order valence-electron chi connectivity index (χ1n) is 14.0. The highest BCUT2D eigenvalue weighted by Crippen LogP contribution is 2.46. The van der Waals surface area contributed by atoms with Crippen LogP contribution in [0, 0.1) is 0 Å². The molecular weight excluding hydrogens is 865 g/mol. The van der Waals surface area contributed by atoms with Gasteiger partial charge in [-0.05, 0) is 48.5 Å². The number of benzene rings is 4. The Morgan fingerprint density at radius 3 is 2.05 bits per heavy atom. The van der Waals surface area contributed by atoms with Crippen molar-refractivity contribution in [1.29, 1.82) is 0 Å². The summed E-state index contributed by atoms with van der Waals surface area (Å²) in [5.74, 6) is -0.779. The highest BCUT2D eigenvalue weighted by atomic mass is 32.2. The van der Waals surface area contributed by atoms with E-state index in [0.29, 0.717) is 24.1 Å². The van der Waals surface area contributed by atoms with Gasteiger partial charge < -0.3 is 11.1 Å². The SMILES string of the molecule is Nc1c(S(=O)(=O)O)cc(N=Nc2ccc(S(=O)(=O)CCOSOOO)cc2)c(NCSOOO)c1N=Nc1cc(S(=O)(=O)O)c2cccc(SOOO)c2c1. The van der Waals surface area contributed by atoms with Crippen LogP contribution in [0.25, 0.3) is 10.8 Å². The molecule has 0 amide bonds. The zero-order chi connectivity index (χ0) is 40.2. The van der Waals surface area contributed by atoms with E-state index in [4.69, 9.17) is 25.7 Å². The summed E-state index contributed by atoms with van der Waals surface area (Å²) >= 11 is 1.14. The van der Waals surface area contributed by atoms with E-state index in [-0.39, 0.29) is 68.1 Å². The first kappa shape index (κ1) is 44.1. The monoisotopic (exact) mass is 888 g/mol. The van der Waals surface area contributed by atoms with Crippen LogP contribution in [0.4, 0.5) is 34.1 Å². The van der Waals surface area contributed by atoms with Gasteiger partial charge in [0, 0.05) is 15.7 Å². The smallest absolute Gasteiger partial charge is 0.296 e. The Morgan fingerprint density at radius 1 is 0.727 bits per heavy atom. The van der Waals surface area contributed by atoms with E-state index in [1.165, 1.54) is 48.5 Å². The van der Waals surface area contributed by atoms with Crippen LogP contribution >= 0.6 is 36.4 Å². The summed E-state index contributed by atoms with van der Waals surface area (Å²) in [5.41, 5.74) is 4.13. The maximum Gasteiger partial charge on any atom is 0.296 e. The van der Waals surface area contributed by atoms with Crippen molar-refractivity contribution in [2.24, 2.45) is 20.5 Å². The number of rotatable bonds is 21. The van der Waals surface area contributed by atoms with Crippen molar-refractivity contribution in [2.75, 3.05) is 29.3 Å². The van der Waals surface area contributed by atoms with E-state index in [0.717, 1.165) is 12.1 Å². The molecule has 0 unspecified atom stereocenters. The Balaban J connectivity index is 1.82. The molecule has 0 aliphatic rings. The normalized spacial score (nSPS) is 12.7. The number of anilines is 2. The van der Waals surface area contributed by atoms with Crippen LogP contribution in [0.3, 0.4) is 0 Å². The number of sulfone groups is 1. The van der Waals surface area contributed by atoms with Gasteiger partial charge in [-0.3, -0.25) is 13.3 Å². The van der Waals surface area contributed by atoms with Gasteiger partial charge in [-0.2, -0.15) is 27.1 Å². The van der Waals surface area contributed by atoms with E-state index in [1.54, 1.807) is 0 Å². The molecule has 55 heavy (non-hydrogen) atoms. The summed E-state index contributed by atoms with van der Waals surface area (Å²) in [6.07, 6.45) is 0. The average molecular weight is 889 g/mol. The van der Waals surface area contributed by atoms with Crippen molar-refractivity contribution in [3.8, 4) is 0 Å². The molecule has 0 aromatic heterocycles. The van der Waals surface area contributed by atoms with Gasteiger partial charge >= 0.3 is 0 Å². The predicted octanol–water partition coefficient (Wildman–Crippen LogP) is 6.39. The molecule has 4 aromatic carbocycles. The van der Waals surface area contributed by atoms with Gasteiger partial charge in [0.25, 0.3) is 20.2 Å². The van der Waals surface area contributed by atoms with Crippen molar-refractivity contribution >= 4 is 111 Å². The fraction of sp³-hybridized carbons (Fsp3) is 0.120. The highest BCUT2D eigenvalue weighted by molar-refractivity contribution is 7.95.